The minimum Gasteiger partial charge on any atom is -0.399 e. The van der Waals surface area contributed by atoms with Crippen LogP contribution in [0.4, 0.5) is 5.69 Å². The lowest BCUT2D eigenvalue weighted by atomic mass is 10.1. The number of hydrogen-bond acceptors (Lipinski definition) is 2. The van der Waals surface area contributed by atoms with E-state index in [0.29, 0.717) is 22.8 Å². The van der Waals surface area contributed by atoms with Crippen molar-refractivity contribution in [3.05, 3.63) is 64.8 Å². The van der Waals surface area contributed by atoms with E-state index in [1.54, 1.807) is 24.4 Å². The number of H-pyrrole nitrogens is 1. The number of hydrogen-bond donors (Lipinski definition) is 3. The highest BCUT2D eigenvalue weighted by atomic mass is 35.5. The highest BCUT2D eigenvalue weighted by Gasteiger charge is 2.11. The van der Waals surface area contributed by atoms with Crippen molar-refractivity contribution < 1.29 is 4.79 Å². The number of anilines is 1. The molecule has 0 bridgehead atoms. The highest BCUT2D eigenvalue weighted by molar-refractivity contribution is 6.30. The molecular weight excluding hydrogens is 286 g/mol. The van der Waals surface area contributed by atoms with Gasteiger partial charge in [0.05, 0.1) is 5.56 Å². The lowest BCUT2D eigenvalue weighted by Crippen LogP contribution is -2.22. The number of nitrogen functional groups attached to an aromatic ring is 1. The van der Waals surface area contributed by atoms with Gasteiger partial charge in [-0.1, -0.05) is 23.7 Å². The molecular formula is C16H14ClN3O. The Labute approximate surface area is 126 Å². The number of aromatic nitrogens is 1. The van der Waals surface area contributed by atoms with Crippen molar-refractivity contribution in [2.75, 3.05) is 5.73 Å². The van der Waals surface area contributed by atoms with E-state index in [2.05, 4.69) is 10.3 Å². The van der Waals surface area contributed by atoms with Crippen molar-refractivity contribution in [3.8, 4) is 0 Å². The van der Waals surface area contributed by atoms with Crippen LogP contribution >= 0.6 is 11.6 Å². The standard InChI is InChI=1S/C16H14ClN3O/c17-11-3-1-2-10(6-11)8-20-16(21)14-9-19-15-5-4-12(18)7-13(14)15/h1-7,9,19H,8,18H2,(H,20,21). The molecule has 21 heavy (non-hydrogen) atoms. The number of halogens is 1. The van der Waals surface area contributed by atoms with E-state index >= 15 is 0 Å². The minimum absolute atomic E-state index is 0.146. The predicted molar refractivity (Wildman–Crippen MR) is 85.3 cm³/mol. The fourth-order valence-corrected chi connectivity index (χ4v) is 2.46. The molecule has 1 amide bonds. The van der Waals surface area contributed by atoms with Crippen LogP contribution in [0.5, 0.6) is 0 Å². The molecule has 3 aromatic rings. The molecule has 1 heterocycles. The smallest absolute Gasteiger partial charge is 0.253 e. The van der Waals surface area contributed by atoms with Crippen LogP contribution in [0.1, 0.15) is 15.9 Å². The number of amides is 1. The van der Waals surface area contributed by atoms with Crippen LogP contribution in [0.15, 0.2) is 48.7 Å². The van der Waals surface area contributed by atoms with Crippen molar-refractivity contribution in [1.29, 1.82) is 0 Å². The van der Waals surface area contributed by atoms with Gasteiger partial charge in [0.15, 0.2) is 0 Å². The molecule has 0 aliphatic heterocycles. The van der Waals surface area contributed by atoms with Gasteiger partial charge in [-0.3, -0.25) is 4.79 Å². The van der Waals surface area contributed by atoms with E-state index in [1.807, 2.05) is 24.3 Å². The maximum atomic E-state index is 12.3. The molecule has 0 spiro atoms. The highest BCUT2D eigenvalue weighted by Crippen LogP contribution is 2.21. The van der Waals surface area contributed by atoms with Gasteiger partial charge in [0, 0.05) is 34.4 Å². The minimum atomic E-state index is -0.146. The Morgan fingerprint density at radius 3 is 2.90 bits per heavy atom. The summed E-state index contributed by atoms with van der Waals surface area (Å²) in [5.74, 6) is -0.146. The number of aromatic amines is 1. The third-order valence-corrected chi connectivity index (χ3v) is 3.53. The molecule has 0 radical (unpaired) electrons. The largest absolute Gasteiger partial charge is 0.399 e. The lowest BCUT2D eigenvalue weighted by Gasteiger charge is -2.05. The maximum absolute atomic E-state index is 12.3. The molecule has 1 aromatic heterocycles. The Kier molecular flexibility index (Phi) is 3.54. The third kappa shape index (κ3) is 2.85. The van der Waals surface area contributed by atoms with Crippen LogP contribution in [0.25, 0.3) is 10.9 Å². The normalized spacial score (nSPS) is 10.7. The van der Waals surface area contributed by atoms with Crippen LogP contribution in [0, 0.1) is 0 Å². The first-order chi connectivity index (χ1) is 10.1. The van der Waals surface area contributed by atoms with Crippen molar-refractivity contribution in [2.24, 2.45) is 0 Å². The molecule has 106 valence electrons. The predicted octanol–water partition coefficient (Wildman–Crippen LogP) is 3.33. The van der Waals surface area contributed by atoms with E-state index in [0.717, 1.165) is 16.5 Å². The van der Waals surface area contributed by atoms with Crippen LogP contribution in [0.3, 0.4) is 0 Å². The molecule has 0 fully saturated rings. The van der Waals surface area contributed by atoms with Gasteiger partial charge in [-0.2, -0.15) is 0 Å². The first-order valence-corrected chi connectivity index (χ1v) is 6.90. The van der Waals surface area contributed by atoms with Gasteiger partial charge in [0.1, 0.15) is 0 Å². The average molecular weight is 300 g/mol. The maximum Gasteiger partial charge on any atom is 0.253 e. The molecule has 0 unspecified atom stereocenters. The molecule has 3 rings (SSSR count). The number of carbonyl (C=O) groups is 1. The van der Waals surface area contributed by atoms with E-state index < -0.39 is 0 Å². The summed E-state index contributed by atoms with van der Waals surface area (Å²) < 4.78 is 0. The Balaban J connectivity index is 1.79. The van der Waals surface area contributed by atoms with Crippen molar-refractivity contribution in [2.45, 2.75) is 6.54 Å². The molecule has 0 saturated carbocycles. The molecule has 0 aliphatic rings. The molecule has 5 heteroatoms. The fraction of sp³-hybridized carbons (Fsp3) is 0.0625. The van der Waals surface area contributed by atoms with Gasteiger partial charge < -0.3 is 16.0 Å². The zero-order valence-electron chi connectivity index (χ0n) is 11.2. The average Bonchev–Trinajstić information content (AvgIpc) is 2.88. The van der Waals surface area contributed by atoms with Gasteiger partial charge in [-0.05, 0) is 35.9 Å². The summed E-state index contributed by atoms with van der Waals surface area (Å²) >= 11 is 5.92. The van der Waals surface area contributed by atoms with Crippen LogP contribution in [-0.4, -0.2) is 10.9 Å². The van der Waals surface area contributed by atoms with Crippen LogP contribution < -0.4 is 11.1 Å². The van der Waals surface area contributed by atoms with Gasteiger partial charge in [-0.15, -0.1) is 0 Å². The summed E-state index contributed by atoms with van der Waals surface area (Å²) in [7, 11) is 0. The molecule has 4 N–H and O–H groups in total. The van der Waals surface area contributed by atoms with E-state index in [1.165, 1.54) is 0 Å². The Hall–Kier alpha value is -2.46. The summed E-state index contributed by atoms with van der Waals surface area (Å²) in [6.07, 6.45) is 1.69. The van der Waals surface area contributed by atoms with Crippen LogP contribution in [0.2, 0.25) is 5.02 Å². The molecule has 0 aliphatic carbocycles. The summed E-state index contributed by atoms with van der Waals surface area (Å²) in [4.78, 5) is 15.4. The first-order valence-electron chi connectivity index (χ1n) is 6.53. The third-order valence-electron chi connectivity index (χ3n) is 3.29. The van der Waals surface area contributed by atoms with Crippen molar-refractivity contribution in [3.63, 3.8) is 0 Å². The lowest BCUT2D eigenvalue weighted by molar-refractivity contribution is 0.0952. The first kappa shape index (κ1) is 13.5. The molecule has 4 nitrogen and oxygen atoms in total. The van der Waals surface area contributed by atoms with E-state index in [9.17, 15) is 4.79 Å². The van der Waals surface area contributed by atoms with Crippen molar-refractivity contribution in [1.82, 2.24) is 10.3 Å². The zero-order valence-corrected chi connectivity index (χ0v) is 11.9. The molecule has 0 atom stereocenters. The number of nitrogens with one attached hydrogen (secondary N) is 2. The number of benzene rings is 2. The molecule has 0 saturated heterocycles. The van der Waals surface area contributed by atoms with Gasteiger partial charge in [0.25, 0.3) is 5.91 Å². The molecule has 2 aromatic carbocycles. The summed E-state index contributed by atoms with van der Waals surface area (Å²) in [5, 5.41) is 4.35. The van der Waals surface area contributed by atoms with E-state index in [4.69, 9.17) is 17.3 Å². The zero-order chi connectivity index (χ0) is 14.8. The quantitative estimate of drug-likeness (QED) is 0.649. The Bertz CT molecular complexity index is 810. The summed E-state index contributed by atoms with van der Waals surface area (Å²) in [5.41, 5.74) is 8.83. The van der Waals surface area contributed by atoms with Crippen molar-refractivity contribution >= 4 is 34.1 Å². The van der Waals surface area contributed by atoms with E-state index in [-0.39, 0.29) is 5.91 Å². The second-order valence-corrected chi connectivity index (χ2v) is 5.26. The number of fused-ring (bicyclic) bond motifs is 1. The Morgan fingerprint density at radius 2 is 2.10 bits per heavy atom. The monoisotopic (exact) mass is 299 g/mol. The fourth-order valence-electron chi connectivity index (χ4n) is 2.25. The second-order valence-electron chi connectivity index (χ2n) is 4.82. The van der Waals surface area contributed by atoms with Gasteiger partial charge >= 0.3 is 0 Å². The van der Waals surface area contributed by atoms with Crippen LogP contribution in [-0.2, 0) is 6.54 Å². The summed E-state index contributed by atoms with van der Waals surface area (Å²) in [6, 6.07) is 12.9. The van der Waals surface area contributed by atoms with Gasteiger partial charge in [0.2, 0.25) is 0 Å². The number of rotatable bonds is 3. The topological polar surface area (TPSA) is 70.9 Å². The van der Waals surface area contributed by atoms with Gasteiger partial charge in [-0.25, -0.2) is 0 Å². The number of carbonyl (C=O) groups excluding carboxylic acids is 1. The number of nitrogens with two attached hydrogens (primary N) is 1. The SMILES string of the molecule is Nc1ccc2[nH]cc(C(=O)NCc3cccc(Cl)c3)c2c1. The Morgan fingerprint density at radius 1 is 1.24 bits per heavy atom. The second kappa shape index (κ2) is 5.50. The summed E-state index contributed by atoms with van der Waals surface area (Å²) in [6.45, 7) is 0.425.